The van der Waals surface area contributed by atoms with Crippen LogP contribution in [-0.2, 0) is 0 Å². The fourth-order valence-electron chi connectivity index (χ4n) is 2.08. The molecule has 3 rings (SSSR count). The van der Waals surface area contributed by atoms with E-state index >= 15 is 0 Å². The molecule has 4 nitrogen and oxygen atoms in total. The summed E-state index contributed by atoms with van der Waals surface area (Å²) in [5.74, 6) is 0. The molecule has 0 fully saturated rings. The first-order valence-electron chi connectivity index (χ1n) is 5.09. The number of fused-ring (bicyclic) bond motifs is 1. The maximum atomic E-state index is 9.47. The third kappa shape index (κ3) is 1.42. The third-order valence-electron chi connectivity index (χ3n) is 2.86. The van der Waals surface area contributed by atoms with Crippen molar-refractivity contribution in [3.63, 3.8) is 0 Å². The zero-order valence-corrected chi connectivity index (χ0v) is 9.17. The van der Waals surface area contributed by atoms with Gasteiger partial charge in [-0.3, -0.25) is 0 Å². The zero-order chi connectivity index (χ0) is 11.1. The Hall–Kier alpha value is -1.39. The topological polar surface area (TPSA) is 50.9 Å². The van der Waals surface area contributed by atoms with Crippen LogP contribution in [0.1, 0.15) is 12.5 Å². The van der Waals surface area contributed by atoms with Crippen molar-refractivity contribution < 1.29 is 5.11 Å². The van der Waals surface area contributed by atoms with E-state index in [0.717, 1.165) is 11.0 Å². The lowest BCUT2D eigenvalue weighted by molar-refractivity contribution is 0.211. The fraction of sp³-hybridized carbons (Fsp3) is 0.273. The number of allylic oxidation sites excluding steroid dienone is 1. The average molecular weight is 236 g/mol. The highest BCUT2D eigenvalue weighted by Gasteiger charge is 2.20. The zero-order valence-electron chi connectivity index (χ0n) is 8.42. The molecule has 2 heterocycles. The van der Waals surface area contributed by atoms with Crippen molar-refractivity contribution in [3.8, 4) is 0 Å². The Morgan fingerprint density at radius 2 is 2.25 bits per heavy atom. The van der Waals surface area contributed by atoms with Gasteiger partial charge in [-0.15, -0.1) is 0 Å². The molecule has 0 saturated heterocycles. The number of hydrogen-bond donors (Lipinski definition) is 1. The standard InChI is InChI=1S/C11H10ClN3O/c12-10-9-3-4-15(11(9)14-6-13-10)7-1-2-8(16)5-7/h1-4,6-8,16H,5H2/t7-,8+/m0/s1. The predicted molar refractivity (Wildman–Crippen MR) is 61.3 cm³/mol. The smallest absolute Gasteiger partial charge is 0.145 e. The van der Waals surface area contributed by atoms with Crippen molar-refractivity contribution in [2.75, 3.05) is 0 Å². The number of hydrogen-bond acceptors (Lipinski definition) is 3. The van der Waals surface area contributed by atoms with Crippen LogP contribution in [0.25, 0.3) is 11.0 Å². The van der Waals surface area contributed by atoms with Gasteiger partial charge >= 0.3 is 0 Å². The molecule has 5 heteroatoms. The van der Waals surface area contributed by atoms with Gasteiger partial charge in [-0.05, 0) is 6.07 Å². The van der Waals surface area contributed by atoms with Crippen LogP contribution in [0.15, 0.2) is 30.7 Å². The average Bonchev–Trinajstić information content (AvgIpc) is 2.84. The molecule has 0 radical (unpaired) electrons. The van der Waals surface area contributed by atoms with Gasteiger partial charge in [0, 0.05) is 12.6 Å². The lowest BCUT2D eigenvalue weighted by Crippen LogP contribution is -2.07. The summed E-state index contributed by atoms with van der Waals surface area (Å²) in [5.41, 5.74) is 0.809. The van der Waals surface area contributed by atoms with Crippen molar-refractivity contribution in [1.29, 1.82) is 0 Å². The van der Waals surface area contributed by atoms with E-state index < -0.39 is 0 Å². The van der Waals surface area contributed by atoms with Crippen LogP contribution < -0.4 is 0 Å². The Morgan fingerprint density at radius 3 is 3.00 bits per heavy atom. The van der Waals surface area contributed by atoms with Crippen molar-refractivity contribution in [1.82, 2.24) is 14.5 Å². The molecule has 0 bridgehead atoms. The SMILES string of the molecule is O[C@@H]1C=C[C@H](n2ccc3c(Cl)ncnc32)C1. The molecular weight excluding hydrogens is 226 g/mol. The highest BCUT2D eigenvalue weighted by Crippen LogP contribution is 2.28. The number of rotatable bonds is 1. The first kappa shape index (κ1) is 9.81. The molecule has 82 valence electrons. The van der Waals surface area contributed by atoms with Gasteiger partial charge in [0.05, 0.1) is 17.5 Å². The van der Waals surface area contributed by atoms with Crippen LogP contribution in [0.2, 0.25) is 5.15 Å². The molecule has 2 aromatic heterocycles. The van der Waals surface area contributed by atoms with Gasteiger partial charge < -0.3 is 9.67 Å². The third-order valence-corrected chi connectivity index (χ3v) is 3.16. The van der Waals surface area contributed by atoms with Crippen LogP contribution in [0, 0.1) is 0 Å². The van der Waals surface area contributed by atoms with Gasteiger partial charge in [-0.25, -0.2) is 9.97 Å². The molecule has 2 atom stereocenters. The molecule has 0 unspecified atom stereocenters. The summed E-state index contributed by atoms with van der Waals surface area (Å²) in [5, 5.41) is 10.8. The molecule has 0 aromatic carbocycles. The summed E-state index contributed by atoms with van der Waals surface area (Å²) < 4.78 is 2.01. The van der Waals surface area contributed by atoms with Crippen LogP contribution in [0.4, 0.5) is 0 Å². The van der Waals surface area contributed by atoms with Crippen molar-refractivity contribution in [2.24, 2.45) is 0 Å². The summed E-state index contributed by atoms with van der Waals surface area (Å²) >= 11 is 5.97. The van der Waals surface area contributed by atoms with Crippen LogP contribution in [0.3, 0.4) is 0 Å². The van der Waals surface area contributed by atoms with Gasteiger partial charge in [0.1, 0.15) is 17.1 Å². The van der Waals surface area contributed by atoms with Crippen LogP contribution in [-0.4, -0.2) is 25.7 Å². The summed E-state index contributed by atoms with van der Waals surface area (Å²) in [6.07, 6.45) is 7.50. The van der Waals surface area contributed by atoms with Crippen LogP contribution >= 0.6 is 11.6 Å². The lowest BCUT2D eigenvalue weighted by atomic mass is 10.2. The minimum atomic E-state index is -0.361. The maximum Gasteiger partial charge on any atom is 0.145 e. The number of aromatic nitrogens is 3. The quantitative estimate of drug-likeness (QED) is 0.607. The van der Waals surface area contributed by atoms with Crippen LogP contribution in [0.5, 0.6) is 0 Å². The fourth-order valence-corrected chi connectivity index (χ4v) is 2.27. The second-order valence-electron chi connectivity index (χ2n) is 3.88. The summed E-state index contributed by atoms with van der Waals surface area (Å²) in [6.45, 7) is 0. The Bertz CT molecular complexity index is 563. The monoisotopic (exact) mass is 235 g/mol. The van der Waals surface area contributed by atoms with Crippen molar-refractivity contribution >= 4 is 22.6 Å². The first-order chi connectivity index (χ1) is 7.75. The van der Waals surface area contributed by atoms with Gasteiger partial charge in [-0.1, -0.05) is 23.8 Å². The van der Waals surface area contributed by atoms with E-state index in [1.165, 1.54) is 6.33 Å². The number of aliphatic hydroxyl groups is 1. The summed E-state index contributed by atoms with van der Waals surface area (Å²) in [6, 6.07) is 2.05. The lowest BCUT2D eigenvalue weighted by Gasteiger charge is -2.11. The predicted octanol–water partition coefficient (Wildman–Crippen LogP) is 1.95. The van der Waals surface area contributed by atoms with Crippen molar-refractivity contribution in [3.05, 3.63) is 35.9 Å². The van der Waals surface area contributed by atoms with Crippen molar-refractivity contribution in [2.45, 2.75) is 18.6 Å². The van der Waals surface area contributed by atoms with Gasteiger partial charge in [-0.2, -0.15) is 0 Å². The molecular formula is C11H10ClN3O. The Labute approximate surface area is 97.2 Å². The normalized spacial score (nSPS) is 24.4. The second-order valence-corrected chi connectivity index (χ2v) is 4.24. The molecule has 0 spiro atoms. The van der Waals surface area contributed by atoms with E-state index in [2.05, 4.69) is 9.97 Å². The van der Waals surface area contributed by atoms with E-state index in [1.54, 1.807) is 6.08 Å². The molecule has 0 saturated carbocycles. The number of halogens is 1. The minimum absolute atomic E-state index is 0.151. The van der Waals surface area contributed by atoms with E-state index in [0.29, 0.717) is 11.6 Å². The minimum Gasteiger partial charge on any atom is -0.389 e. The second kappa shape index (κ2) is 3.57. The van der Waals surface area contributed by atoms with Gasteiger partial charge in [0.15, 0.2) is 0 Å². The largest absolute Gasteiger partial charge is 0.389 e. The Morgan fingerprint density at radius 1 is 1.38 bits per heavy atom. The maximum absolute atomic E-state index is 9.47. The molecule has 1 aliphatic carbocycles. The van der Waals surface area contributed by atoms with Gasteiger partial charge in [0.25, 0.3) is 0 Å². The first-order valence-corrected chi connectivity index (χ1v) is 5.47. The van der Waals surface area contributed by atoms with E-state index in [9.17, 15) is 5.11 Å². The molecule has 2 aromatic rings. The van der Waals surface area contributed by atoms with Gasteiger partial charge in [0.2, 0.25) is 0 Å². The van der Waals surface area contributed by atoms with E-state index in [4.69, 9.17) is 11.6 Å². The molecule has 1 aliphatic rings. The molecule has 0 aliphatic heterocycles. The highest BCUT2D eigenvalue weighted by atomic mass is 35.5. The number of aliphatic hydroxyl groups excluding tert-OH is 1. The molecule has 16 heavy (non-hydrogen) atoms. The Kier molecular flexibility index (Phi) is 2.19. The summed E-state index contributed by atoms with van der Waals surface area (Å²) in [7, 11) is 0. The van der Waals surface area contributed by atoms with E-state index in [1.807, 2.05) is 22.9 Å². The molecule has 1 N–H and O–H groups in total. The van der Waals surface area contributed by atoms with E-state index in [-0.39, 0.29) is 12.1 Å². The number of nitrogens with zero attached hydrogens (tertiary/aromatic N) is 3. The highest BCUT2D eigenvalue weighted by molar-refractivity contribution is 6.33. The Balaban J connectivity index is 2.12. The summed E-state index contributed by atoms with van der Waals surface area (Å²) in [4.78, 5) is 8.16. The molecule has 0 amide bonds.